The number of hydrogen-bond donors (Lipinski definition) is 1. The van der Waals surface area contributed by atoms with Crippen LogP contribution in [0, 0.1) is 5.92 Å². The van der Waals surface area contributed by atoms with Gasteiger partial charge in [0.1, 0.15) is 0 Å². The predicted molar refractivity (Wildman–Crippen MR) is 81.3 cm³/mol. The summed E-state index contributed by atoms with van der Waals surface area (Å²) in [5.74, 6) is 0.500. The van der Waals surface area contributed by atoms with Crippen LogP contribution in [0.4, 0.5) is 0 Å². The molecule has 0 aliphatic rings. The summed E-state index contributed by atoms with van der Waals surface area (Å²) in [7, 11) is -3.26. The van der Waals surface area contributed by atoms with Gasteiger partial charge in [-0.25, -0.2) is 8.42 Å². The van der Waals surface area contributed by atoms with E-state index in [0.29, 0.717) is 24.0 Å². The molecule has 0 fully saturated rings. The number of ether oxygens (including phenoxy) is 1. The lowest BCUT2D eigenvalue weighted by molar-refractivity contribution is 0.114. The summed E-state index contributed by atoms with van der Waals surface area (Å²) in [5.41, 5.74) is 6.42. The molecule has 0 heterocycles. The van der Waals surface area contributed by atoms with Gasteiger partial charge in [0.05, 0.1) is 17.3 Å². The number of hydrogen-bond acceptors (Lipinski definition) is 4. The summed E-state index contributed by atoms with van der Waals surface area (Å²) < 4.78 is 29.6. The number of benzene rings is 1. The highest BCUT2D eigenvalue weighted by Crippen LogP contribution is 2.13. The first-order valence-corrected chi connectivity index (χ1v) is 8.74. The Morgan fingerprint density at radius 1 is 1.25 bits per heavy atom. The molecule has 0 aromatic heterocycles. The molecule has 114 valence electrons. The largest absolute Gasteiger partial charge is 0.380 e. The van der Waals surface area contributed by atoms with Gasteiger partial charge in [-0.1, -0.05) is 32.4 Å². The quantitative estimate of drug-likeness (QED) is 0.711. The maximum Gasteiger partial charge on any atom is 0.180 e. The van der Waals surface area contributed by atoms with E-state index in [9.17, 15) is 8.42 Å². The zero-order valence-electron chi connectivity index (χ0n) is 12.3. The van der Waals surface area contributed by atoms with Crippen LogP contribution in [-0.2, 0) is 21.1 Å². The molecule has 0 aliphatic carbocycles. The highest BCUT2D eigenvalue weighted by Gasteiger charge is 2.14. The predicted octanol–water partition coefficient (Wildman–Crippen LogP) is 2.37. The van der Waals surface area contributed by atoms with Crippen LogP contribution in [0.25, 0.3) is 0 Å². The first-order chi connectivity index (χ1) is 9.49. The Morgan fingerprint density at radius 3 is 2.45 bits per heavy atom. The van der Waals surface area contributed by atoms with Crippen molar-refractivity contribution in [3.63, 3.8) is 0 Å². The number of nitrogens with two attached hydrogens (primary N) is 1. The number of rotatable bonds is 9. The van der Waals surface area contributed by atoms with Crippen LogP contribution in [0.1, 0.15) is 32.3 Å². The second-order valence-electron chi connectivity index (χ2n) is 5.14. The molecule has 1 aromatic carbocycles. The van der Waals surface area contributed by atoms with E-state index in [1.165, 1.54) is 0 Å². The van der Waals surface area contributed by atoms with Crippen LogP contribution in [-0.4, -0.2) is 27.4 Å². The van der Waals surface area contributed by atoms with Crippen molar-refractivity contribution >= 4 is 9.84 Å². The maximum absolute atomic E-state index is 12.1. The van der Waals surface area contributed by atoms with Crippen LogP contribution in [0.3, 0.4) is 0 Å². The Labute approximate surface area is 122 Å². The van der Waals surface area contributed by atoms with Crippen molar-refractivity contribution in [2.45, 2.75) is 38.1 Å². The van der Waals surface area contributed by atoms with Gasteiger partial charge in [-0.15, -0.1) is 0 Å². The molecule has 2 N–H and O–H groups in total. The molecule has 0 saturated heterocycles. The lowest BCUT2D eigenvalue weighted by Gasteiger charge is -2.11. The van der Waals surface area contributed by atoms with E-state index in [1.807, 2.05) is 0 Å². The zero-order valence-corrected chi connectivity index (χ0v) is 13.2. The van der Waals surface area contributed by atoms with Crippen molar-refractivity contribution in [2.24, 2.45) is 11.7 Å². The average molecular weight is 299 g/mol. The first-order valence-electron chi connectivity index (χ1n) is 7.09. The van der Waals surface area contributed by atoms with E-state index in [2.05, 4.69) is 13.8 Å². The third-order valence-electron chi connectivity index (χ3n) is 3.20. The summed E-state index contributed by atoms with van der Waals surface area (Å²) in [6, 6.07) is 6.71. The fourth-order valence-electron chi connectivity index (χ4n) is 1.98. The molecular weight excluding hydrogens is 274 g/mol. The smallest absolute Gasteiger partial charge is 0.180 e. The van der Waals surface area contributed by atoms with Crippen LogP contribution in [0.5, 0.6) is 0 Å². The van der Waals surface area contributed by atoms with Gasteiger partial charge >= 0.3 is 0 Å². The van der Waals surface area contributed by atoms with Crippen molar-refractivity contribution < 1.29 is 13.2 Å². The van der Waals surface area contributed by atoms with E-state index in [4.69, 9.17) is 10.5 Å². The van der Waals surface area contributed by atoms with Crippen molar-refractivity contribution in [3.8, 4) is 0 Å². The van der Waals surface area contributed by atoms with Crippen LogP contribution >= 0.6 is 0 Å². The van der Waals surface area contributed by atoms with Gasteiger partial charge in [0.15, 0.2) is 9.84 Å². The fourth-order valence-corrected chi connectivity index (χ4v) is 3.10. The van der Waals surface area contributed by atoms with E-state index in [-0.39, 0.29) is 12.4 Å². The van der Waals surface area contributed by atoms with Crippen molar-refractivity contribution in [1.29, 1.82) is 0 Å². The minimum absolute atomic E-state index is 0.0216. The summed E-state index contributed by atoms with van der Waals surface area (Å²) >= 11 is 0. The normalized spacial score (nSPS) is 13.3. The molecule has 0 spiro atoms. The van der Waals surface area contributed by atoms with Gasteiger partial charge in [0, 0.05) is 13.2 Å². The van der Waals surface area contributed by atoms with Crippen molar-refractivity contribution in [2.75, 3.05) is 19.0 Å². The summed E-state index contributed by atoms with van der Waals surface area (Å²) in [5, 5.41) is 0. The SMILES string of the molecule is CCCC(C)COCCS(=O)(=O)c1ccc(CN)cc1. The molecule has 1 unspecified atom stereocenters. The second-order valence-corrected chi connectivity index (χ2v) is 7.24. The third kappa shape index (κ3) is 5.61. The molecule has 5 heteroatoms. The van der Waals surface area contributed by atoms with Gasteiger partial charge in [-0.2, -0.15) is 0 Å². The summed E-state index contributed by atoms with van der Waals surface area (Å²) in [4.78, 5) is 0.333. The highest BCUT2D eigenvalue weighted by molar-refractivity contribution is 7.91. The lowest BCUT2D eigenvalue weighted by atomic mass is 10.1. The molecule has 1 rings (SSSR count). The van der Waals surface area contributed by atoms with Gasteiger partial charge in [-0.05, 0) is 30.0 Å². The molecule has 4 nitrogen and oxygen atoms in total. The molecular formula is C15H25NO3S. The molecule has 0 radical (unpaired) electrons. The first kappa shape index (κ1) is 17.1. The Bertz CT molecular complexity index is 482. The van der Waals surface area contributed by atoms with Gasteiger partial charge in [-0.3, -0.25) is 0 Å². The van der Waals surface area contributed by atoms with Crippen molar-refractivity contribution in [1.82, 2.24) is 0 Å². The molecule has 0 bridgehead atoms. The minimum Gasteiger partial charge on any atom is -0.380 e. The van der Waals surface area contributed by atoms with Crippen LogP contribution < -0.4 is 5.73 Å². The standard InChI is InChI=1S/C15H25NO3S/c1-3-4-13(2)12-19-9-10-20(17,18)15-7-5-14(11-16)6-8-15/h5-8,13H,3-4,9-12,16H2,1-2H3. The van der Waals surface area contributed by atoms with E-state index < -0.39 is 9.84 Å². The fraction of sp³-hybridized carbons (Fsp3) is 0.600. The monoisotopic (exact) mass is 299 g/mol. The minimum atomic E-state index is -3.26. The Balaban J connectivity index is 2.45. The lowest BCUT2D eigenvalue weighted by Crippen LogP contribution is -2.15. The van der Waals surface area contributed by atoms with E-state index in [1.54, 1.807) is 24.3 Å². The third-order valence-corrected chi connectivity index (χ3v) is 4.89. The Hall–Kier alpha value is -0.910. The van der Waals surface area contributed by atoms with Gasteiger partial charge < -0.3 is 10.5 Å². The molecule has 0 aliphatic heterocycles. The van der Waals surface area contributed by atoms with Crippen LogP contribution in [0.2, 0.25) is 0 Å². The average Bonchev–Trinajstić information content (AvgIpc) is 2.44. The molecule has 1 atom stereocenters. The highest BCUT2D eigenvalue weighted by atomic mass is 32.2. The Kier molecular flexibility index (Phi) is 7.19. The van der Waals surface area contributed by atoms with E-state index >= 15 is 0 Å². The Morgan fingerprint density at radius 2 is 1.90 bits per heavy atom. The molecule has 0 saturated carbocycles. The van der Waals surface area contributed by atoms with E-state index in [0.717, 1.165) is 18.4 Å². The second kappa shape index (κ2) is 8.39. The van der Waals surface area contributed by atoms with Gasteiger partial charge in [0.2, 0.25) is 0 Å². The summed E-state index contributed by atoms with van der Waals surface area (Å²) in [6.45, 7) is 5.53. The molecule has 0 amide bonds. The summed E-state index contributed by atoms with van der Waals surface area (Å²) in [6.07, 6.45) is 2.23. The zero-order chi connectivity index (χ0) is 15.0. The van der Waals surface area contributed by atoms with Crippen molar-refractivity contribution in [3.05, 3.63) is 29.8 Å². The molecule has 20 heavy (non-hydrogen) atoms. The molecule has 1 aromatic rings. The number of sulfone groups is 1. The van der Waals surface area contributed by atoms with Gasteiger partial charge in [0.25, 0.3) is 0 Å². The topological polar surface area (TPSA) is 69.4 Å². The van der Waals surface area contributed by atoms with Crippen LogP contribution in [0.15, 0.2) is 29.2 Å². The maximum atomic E-state index is 12.1.